The molecule has 0 aliphatic heterocycles. The molecule has 5 heteroatoms. The van der Waals surface area contributed by atoms with E-state index in [1.807, 2.05) is 51.1 Å². The Morgan fingerprint density at radius 2 is 1.84 bits per heavy atom. The molecular weight excluding hydrogens is 320 g/mol. The lowest BCUT2D eigenvalue weighted by atomic mass is 9.97. The molecule has 5 nitrogen and oxygen atoms in total. The van der Waals surface area contributed by atoms with Gasteiger partial charge >= 0.3 is 5.97 Å². The second kappa shape index (κ2) is 8.42. The fraction of sp³-hybridized carbons (Fsp3) is 0.350. The van der Waals surface area contributed by atoms with Crippen molar-refractivity contribution in [2.24, 2.45) is 0 Å². The predicted molar refractivity (Wildman–Crippen MR) is 96.9 cm³/mol. The smallest absolute Gasteiger partial charge is 0.340 e. The van der Waals surface area contributed by atoms with Gasteiger partial charge in [-0.15, -0.1) is 0 Å². The van der Waals surface area contributed by atoms with Crippen molar-refractivity contribution in [3.63, 3.8) is 0 Å². The van der Waals surface area contributed by atoms with Crippen LogP contribution in [0.3, 0.4) is 0 Å². The number of ether oxygens (including phenoxy) is 3. The molecule has 0 aliphatic rings. The second-order valence-electron chi connectivity index (χ2n) is 5.84. The third kappa shape index (κ3) is 4.24. The molecule has 0 heterocycles. The fourth-order valence-corrected chi connectivity index (χ4v) is 2.58. The maximum Gasteiger partial charge on any atom is 0.340 e. The van der Waals surface area contributed by atoms with Crippen molar-refractivity contribution in [1.82, 2.24) is 0 Å². The SMILES string of the molecule is CCCOc1cc(OC(C)C)c(-c2ccccc2)c(C(=O)O)c1OC. The monoisotopic (exact) mass is 344 g/mol. The summed E-state index contributed by atoms with van der Waals surface area (Å²) in [5.74, 6) is -0.0512. The summed E-state index contributed by atoms with van der Waals surface area (Å²) >= 11 is 0. The summed E-state index contributed by atoms with van der Waals surface area (Å²) in [7, 11) is 1.44. The predicted octanol–water partition coefficient (Wildman–Crippen LogP) is 4.64. The summed E-state index contributed by atoms with van der Waals surface area (Å²) in [6.45, 7) is 6.23. The normalized spacial score (nSPS) is 10.6. The molecular formula is C20H24O5. The first-order chi connectivity index (χ1) is 12.0. The van der Waals surface area contributed by atoms with Gasteiger partial charge in [-0.05, 0) is 25.8 Å². The molecule has 0 unspecified atom stereocenters. The molecule has 0 saturated carbocycles. The van der Waals surface area contributed by atoms with Crippen LogP contribution in [0.15, 0.2) is 36.4 Å². The van der Waals surface area contributed by atoms with Crippen molar-refractivity contribution >= 4 is 5.97 Å². The highest BCUT2D eigenvalue weighted by Gasteiger charge is 2.27. The van der Waals surface area contributed by atoms with Gasteiger partial charge in [-0.1, -0.05) is 37.3 Å². The zero-order chi connectivity index (χ0) is 18.4. The van der Waals surface area contributed by atoms with Crippen LogP contribution in [0, 0.1) is 0 Å². The molecule has 0 amide bonds. The zero-order valence-electron chi connectivity index (χ0n) is 15.0. The van der Waals surface area contributed by atoms with Gasteiger partial charge < -0.3 is 19.3 Å². The summed E-state index contributed by atoms with van der Waals surface area (Å²) in [5.41, 5.74) is 1.27. The number of carboxylic acids is 1. The van der Waals surface area contributed by atoms with E-state index in [0.717, 1.165) is 12.0 Å². The van der Waals surface area contributed by atoms with Crippen molar-refractivity contribution in [1.29, 1.82) is 0 Å². The molecule has 0 aromatic heterocycles. The van der Waals surface area contributed by atoms with Crippen molar-refractivity contribution in [3.05, 3.63) is 42.0 Å². The molecule has 0 spiro atoms. The Balaban J connectivity index is 2.79. The van der Waals surface area contributed by atoms with E-state index in [9.17, 15) is 9.90 Å². The highest BCUT2D eigenvalue weighted by Crippen LogP contribution is 2.45. The summed E-state index contributed by atoms with van der Waals surface area (Å²) < 4.78 is 17.0. The Labute approximate surface area is 148 Å². The van der Waals surface area contributed by atoms with Gasteiger partial charge in [0.15, 0.2) is 11.5 Å². The Kier molecular flexibility index (Phi) is 6.28. The van der Waals surface area contributed by atoms with Gasteiger partial charge in [0.05, 0.1) is 19.8 Å². The number of aromatic carboxylic acids is 1. The van der Waals surface area contributed by atoms with E-state index in [4.69, 9.17) is 14.2 Å². The molecule has 0 bridgehead atoms. The lowest BCUT2D eigenvalue weighted by Crippen LogP contribution is -2.12. The maximum absolute atomic E-state index is 12.0. The Hall–Kier alpha value is -2.69. The van der Waals surface area contributed by atoms with E-state index in [-0.39, 0.29) is 17.4 Å². The minimum Gasteiger partial charge on any atom is -0.492 e. The molecule has 0 atom stereocenters. The Morgan fingerprint density at radius 3 is 2.36 bits per heavy atom. The van der Waals surface area contributed by atoms with Gasteiger partial charge in [-0.3, -0.25) is 0 Å². The molecule has 0 aliphatic carbocycles. The number of hydrogen-bond acceptors (Lipinski definition) is 4. The Bertz CT molecular complexity index is 723. The molecule has 25 heavy (non-hydrogen) atoms. The van der Waals surface area contributed by atoms with Crippen molar-refractivity contribution < 1.29 is 24.1 Å². The molecule has 134 valence electrons. The number of carbonyl (C=O) groups is 1. The highest BCUT2D eigenvalue weighted by atomic mass is 16.5. The van der Waals surface area contributed by atoms with Crippen LogP contribution in [-0.2, 0) is 0 Å². The lowest BCUT2D eigenvalue weighted by molar-refractivity contribution is 0.0692. The van der Waals surface area contributed by atoms with Gasteiger partial charge in [0.1, 0.15) is 11.3 Å². The van der Waals surface area contributed by atoms with Gasteiger partial charge in [0.2, 0.25) is 0 Å². The van der Waals surface area contributed by atoms with E-state index < -0.39 is 5.97 Å². The van der Waals surface area contributed by atoms with E-state index in [0.29, 0.717) is 23.7 Å². The van der Waals surface area contributed by atoms with E-state index >= 15 is 0 Å². The number of hydrogen-bond donors (Lipinski definition) is 1. The largest absolute Gasteiger partial charge is 0.492 e. The minimum absolute atomic E-state index is 0.0398. The van der Waals surface area contributed by atoms with Gasteiger partial charge in [0, 0.05) is 11.6 Å². The van der Waals surface area contributed by atoms with Crippen LogP contribution in [-0.4, -0.2) is 30.9 Å². The number of benzene rings is 2. The first-order valence-electron chi connectivity index (χ1n) is 8.32. The van der Waals surface area contributed by atoms with Crippen molar-refractivity contribution in [3.8, 4) is 28.4 Å². The van der Waals surface area contributed by atoms with Crippen LogP contribution in [0.5, 0.6) is 17.2 Å². The van der Waals surface area contributed by atoms with Crippen molar-refractivity contribution in [2.45, 2.75) is 33.3 Å². The average molecular weight is 344 g/mol. The van der Waals surface area contributed by atoms with Crippen LogP contribution < -0.4 is 14.2 Å². The van der Waals surface area contributed by atoms with E-state index in [1.54, 1.807) is 6.07 Å². The Morgan fingerprint density at radius 1 is 1.16 bits per heavy atom. The number of methoxy groups -OCH3 is 1. The topological polar surface area (TPSA) is 65.0 Å². The molecule has 0 fully saturated rings. The molecule has 2 rings (SSSR count). The van der Waals surface area contributed by atoms with Crippen molar-refractivity contribution in [2.75, 3.05) is 13.7 Å². The minimum atomic E-state index is -1.09. The summed E-state index contributed by atoms with van der Waals surface area (Å²) in [5, 5.41) is 9.86. The third-order valence-corrected chi connectivity index (χ3v) is 3.51. The lowest BCUT2D eigenvalue weighted by Gasteiger charge is -2.21. The molecule has 2 aromatic rings. The van der Waals surface area contributed by atoms with Gasteiger partial charge in [-0.2, -0.15) is 0 Å². The standard InChI is InChI=1S/C20H24O5/c1-5-11-24-16-12-15(25-13(2)3)17(14-9-7-6-8-10-14)18(20(21)22)19(16)23-4/h6-10,12-13H,5,11H2,1-4H3,(H,21,22). The number of rotatable bonds is 8. The fourth-order valence-electron chi connectivity index (χ4n) is 2.58. The van der Waals surface area contributed by atoms with Crippen LogP contribution >= 0.6 is 0 Å². The first kappa shape index (κ1) is 18.6. The molecule has 2 aromatic carbocycles. The highest BCUT2D eigenvalue weighted by molar-refractivity contribution is 6.02. The van der Waals surface area contributed by atoms with Crippen LogP contribution in [0.2, 0.25) is 0 Å². The molecule has 0 saturated heterocycles. The quantitative estimate of drug-likeness (QED) is 0.756. The summed E-state index contributed by atoms with van der Waals surface area (Å²) in [6, 6.07) is 11.0. The third-order valence-electron chi connectivity index (χ3n) is 3.51. The van der Waals surface area contributed by atoms with Crippen LogP contribution in [0.25, 0.3) is 11.1 Å². The molecule has 0 radical (unpaired) electrons. The van der Waals surface area contributed by atoms with Crippen LogP contribution in [0.1, 0.15) is 37.6 Å². The number of carboxylic acid groups (broad SMARTS) is 1. The maximum atomic E-state index is 12.0. The first-order valence-corrected chi connectivity index (χ1v) is 8.32. The zero-order valence-corrected chi connectivity index (χ0v) is 15.0. The van der Waals surface area contributed by atoms with E-state index in [2.05, 4.69) is 0 Å². The molecule has 1 N–H and O–H groups in total. The second-order valence-corrected chi connectivity index (χ2v) is 5.84. The summed E-state index contributed by atoms with van der Waals surface area (Å²) in [4.78, 5) is 12.0. The van der Waals surface area contributed by atoms with Gasteiger partial charge in [0.25, 0.3) is 0 Å². The van der Waals surface area contributed by atoms with Crippen LogP contribution in [0.4, 0.5) is 0 Å². The van der Waals surface area contributed by atoms with E-state index in [1.165, 1.54) is 7.11 Å². The van der Waals surface area contributed by atoms with Gasteiger partial charge in [-0.25, -0.2) is 4.79 Å². The summed E-state index contributed by atoms with van der Waals surface area (Å²) in [6.07, 6.45) is 0.684. The average Bonchev–Trinajstić information content (AvgIpc) is 2.59.